The Morgan fingerprint density at radius 3 is 2.60 bits per heavy atom. The molecule has 106 valence electrons. The monoisotopic (exact) mass is 278 g/mol. The Kier molecular flexibility index (Phi) is 5.07. The summed E-state index contributed by atoms with van der Waals surface area (Å²) in [6.07, 6.45) is 0.904. The van der Waals surface area contributed by atoms with Gasteiger partial charge in [0.25, 0.3) is 0 Å². The molecule has 0 amide bonds. The minimum absolute atomic E-state index is 0.640. The molecule has 2 aromatic carbocycles. The van der Waals surface area contributed by atoms with E-state index >= 15 is 0 Å². The highest BCUT2D eigenvalue weighted by molar-refractivity contribution is 5.28. The van der Waals surface area contributed by atoms with Gasteiger partial charge in [0.2, 0.25) is 0 Å². The molecule has 2 aromatic rings. The van der Waals surface area contributed by atoms with E-state index in [0.29, 0.717) is 6.54 Å². The minimum atomic E-state index is -0.801. The summed E-state index contributed by atoms with van der Waals surface area (Å²) < 4.78 is 31.0. The lowest BCUT2D eigenvalue weighted by atomic mass is 10.1. The van der Waals surface area contributed by atoms with Crippen molar-refractivity contribution < 1.29 is 18.8 Å². The van der Waals surface area contributed by atoms with Gasteiger partial charge in [-0.05, 0) is 29.8 Å². The Balaban J connectivity index is 1.79. The highest BCUT2D eigenvalue weighted by Crippen LogP contribution is 2.12. The van der Waals surface area contributed by atoms with Crippen LogP contribution in [0.25, 0.3) is 0 Å². The Hall–Kier alpha value is -1.94. The third kappa shape index (κ3) is 4.03. The molecule has 0 aromatic heterocycles. The molecule has 4 heteroatoms. The van der Waals surface area contributed by atoms with E-state index < -0.39 is 11.6 Å². The minimum Gasteiger partial charge on any atom is -0.497 e. The SMILES string of the molecule is COc1cccc(CC[NH2+]Cc2ccc(F)c(F)c2)c1. The summed E-state index contributed by atoms with van der Waals surface area (Å²) in [6.45, 7) is 1.52. The largest absolute Gasteiger partial charge is 0.497 e. The third-order valence-electron chi connectivity index (χ3n) is 3.14. The normalized spacial score (nSPS) is 10.6. The van der Waals surface area contributed by atoms with Crippen molar-refractivity contribution in [2.75, 3.05) is 13.7 Å². The summed E-state index contributed by atoms with van der Waals surface area (Å²) in [6, 6.07) is 12.0. The van der Waals surface area contributed by atoms with Crippen molar-refractivity contribution in [3.63, 3.8) is 0 Å². The average molecular weight is 278 g/mol. The van der Waals surface area contributed by atoms with Crippen LogP contribution in [0.5, 0.6) is 5.75 Å². The van der Waals surface area contributed by atoms with Crippen molar-refractivity contribution in [1.82, 2.24) is 0 Å². The van der Waals surface area contributed by atoms with Gasteiger partial charge in [0.15, 0.2) is 11.6 Å². The molecule has 0 spiro atoms. The number of halogens is 2. The molecule has 0 bridgehead atoms. The molecular weight excluding hydrogens is 260 g/mol. The topological polar surface area (TPSA) is 25.8 Å². The predicted octanol–water partition coefficient (Wildman–Crippen LogP) is 2.28. The molecule has 0 atom stereocenters. The van der Waals surface area contributed by atoms with Gasteiger partial charge in [0.05, 0.1) is 13.7 Å². The lowest BCUT2D eigenvalue weighted by molar-refractivity contribution is -0.670. The number of quaternary nitrogens is 1. The average Bonchev–Trinajstić information content (AvgIpc) is 2.47. The second-order valence-corrected chi connectivity index (χ2v) is 4.63. The van der Waals surface area contributed by atoms with E-state index in [0.717, 1.165) is 24.3 Å². The van der Waals surface area contributed by atoms with E-state index in [9.17, 15) is 8.78 Å². The first-order valence-electron chi connectivity index (χ1n) is 6.57. The second kappa shape index (κ2) is 7.01. The Bertz CT molecular complexity index is 572. The zero-order chi connectivity index (χ0) is 14.4. The van der Waals surface area contributed by atoms with Gasteiger partial charge in [-0.2, -0.15) is 0 Å². The maximum absolute atomic E-state index is 13.0. The second-order valence-electron chi connectivity index (χ2n) is 4.63. The van der Waals surface area contributed by atoms with Crippen LogP contribution in [0, 0.1) is 11.6 Å². The number of rotatable bonds is 6. The lowest BCUT2D eigenvalue weighted by Crippen LogP contribution is -2.83. The van der Waals surface area contributed by atoms with Gasteiger partial charge in [-0.25, -0.2) is 8.78 Å². The number of hydrogen-bond donors (Lipinski definition) is 1. The maximum atomic E-state index is 13.0. The van der Waals surface area contributed by atoms with Gasteiger partial charge in [0.1, 0.15) is 12.3 Å². The predicted molar refractivity (Wildman–Crippen MR) is 73.6 cm³/mol. The summed E-state index contributed by atoms with van der Waals surface area (Å²) in [5, 5.41) is 2.08. The number of nitrogens with two attached hydrogens (primary N) is 1. The fraction of sp³-hybridized carbons (Fsp3) is 0.250. The van der Waals surface area contributed by atoms with Crippen LogP contribution in [0.3, 0.4) is 0 Å². The highest BCUT2D eigenvalue weighted by atomic mass is 19.2. The van der Waals surface area contributed by atoms with E-state index in [-0.39, 0.29) is 0 Å². The van der Waals surface area contributed by atoms with Crippen LogP contribution < -0.4 is 10.1 Å². The van der Waals surface area contributed by atoms with Crippen LogP contribution in [0.2, 0.25) is 0 Å². The molecule has 2 rings (SSSR count). The first-order chi connectivity index (χ1) is 9.69. The highest BCUT2D eigenvalue weighted by Gasteiger charge is 2.04. The van der Waals surface area contributed by atoms with Gasteiger partial charge in [-0.3, -0.25) is 0 Å². The van der Waals surface area contributed by atoms with E-state index in [2.05, 4.69) is 5.32 Å². The molecule has 0 aliphatic rings. The molecular formula is C16H18F2NO+. The fourth-order valence-corrected chi connectivity index (χ4v) is 2.03. The van der Waals surface area contributed by atoms with Crippen molar-refractivity contribution >= 4 is 0 Å². The molecule has 0 saturated heterocycles. The van der Waals surface area contributed by atoms with Crippen molar-refractivity contribution in [2.24, 2.45) is 0 Å². The van der Waals surface area contributed by atoms with Crippen molar-refractivity contribution in [3.05, 3.63) is 65.2 Å². The number of methoxy groups -OCH3 is 1. The first-order valence-corrected chi connectivity index (χ1v) is 6.57. The van der Waals surface area contributed by atoms with Gasteiger partial charge in [-0.1, -0.05) is 18.2 Å². The van der Waals surface area contributed by atoms with Crippen LogP contribution in [0.15, 0.2) is 42.5 Å². The summed E-state index contributed by atoms with van der Waals surface area (Å²) in [5.74, 6) is -0.739. The van der Waals surface area contributed by atoms with Crippen LogP contribution in [-0.4, -0.2) is 13.7 Å². The zero-order valence-electron chi connectivity index (χ0n) is 11.4. The number of hydrogen-bond acceptors (Lipinski definition) is 1. The van der Waals surface area contributed by atoms with Gasteiger partial charge in [-0.15, -0.1) is 0 Å². The quantitative estimate of drug-likeness (QED) is 0.806. The summed E-state index contributed by atoms with van der Waals surface area (Å²) >= 11 is 0. The Morgan fingerprint density at radius 2 is 1.85 bits per heavy atom. The van der Waals surface area contributed by atoms with Gasteiger partial charge >= 0.3 is 0 Å². The molecule has 0 heterocycles. The Labute approximate surface area is 117 Å². The van der Waals surface area contributed by atoms with Crippen molar-refractivity contribution in [2.45, 2.75) is 13.0 Å². The molecule has 2 nitrogen and oxygen atoms in total. The van der Waals surface area contributed by atoms with Crippen LogP contribution in [0.1, 0.15) is 11.1 Å². The summed E-state index contributed by atoms with van der Waals surface area (Å²) in [5.41, 5.74) is 1.99. The fourth-order valence-electron chi connectivity index (χ4n) is 2.03. The molecule has 0 unspecified atom stereocenters. The van der Waals surface area contributed by atoms with Gasteiger partial charge < -0.3 is 10.1 Å². The lowest BCUT2D eigenvalue weighted by Gasteiger charge is -2.05. The van der Waals surface area contributed by atoms with Crippen LogP contribution >= 0.6 is 0 Å². The number of ether oxygens (including phenoxy) is 1. The first kappa shape index (κ1) is 14.5. The van der Waals surface area contributed by atoms with Crippen LogP contribution in [0.4, 0.5) is 8.78 Å². The maximum Gasteiger partial charge on any atom is 0.159 e. The number of benzene rings is 2. The molecule has 0 saturated carbocycles. The Morgan fingerprint density at radius 1 is 1.00 bits per heavy atom. The molecule has 0 aliphatic carbocycles. The van der Waals surface area contributed by atoms with E-state index in [1.807, 2.05) is 24.3 Å². The zero-order valence-corrected chi connectivity index (χ0v) is 11.4. The van der Waals surface area contributed by atoms with E-state index in [1.165, 1.54) is 17.7 Å². The summed E-state index contributed by atoms with van der Waals surface area (Å²) in [7, 11) is 1.65. The molecule has 20 heavy (non-hydrogen) atoms. The van der Waals surface area contributed by atoms with Crippen LogP contribution in [-0.2, 0) is 13.0 Å². The van der Waals surface area contributed by atoms with Crippen molar-refractivity contribution in [3.8, 4) is 5.75 Å². The standard InChI is InChI=1S/C16H17F2NO/c1-20-14-4-2-3-12(9-14)7-8-19-11-13-5-6-15(17)16(18)10-13/h2-6,9-10,19H,7-8,11H2,1H3/p+1. The van der Waals surface area contributed by atoms with Crippen molar-refractivity contribution in [1.29, 1.82) is 0 Å². The van der Waals surface area contributed by atoms with E-state index in [1.54, 1.807) is 13.2 Å². The smallest absolute Gasteiger partial charge is 0.159 e. The summed E-state index contributed by atoms with van der Waals surface area (Å²) in [4.78, 5) is 0. The third-order valence-corrected chi connectivity index (χ3v) is 3.14. The molecule has 0 fully saturated rings. The van der Waals surface area contributed by atoms with E-state index in [4.69, 9.17) is 4.74 Å². The van der Waals surface area contributed by atoms with Gasteiger partial charge in [0, 0.05) is 12.0 Å². The molecule has 0 aliphatic heterocycles. The molecule has 2 N–H and O–H groups in total. The molecule has 0 radical (unpaired) electrons.